The van der Waals surface area contributed by atoms with Gasteiger partial charge in [0.25, 0.3) is 0 Å². The summed E-state index contributed by atoms with van der Waals surface area (Å²) in [5.74, 6) is 0.651. The molecule has 3 rings (SSSR count). The number of aromatic nitrogens is 1. The van der Waals surface area contributed by atoms with E-state index in [4.69, 9.17) is 4.84 Å². The molecule has 1 aliphatic heterocycles. The minimum absolute atomic E-state index is 0.0953. The largest absolute Gasteiger partial charge is 0.406 e. The van der Waals surface area contributed by atoms with E-state index in [9.17, 15) is 9.90 Å². The van der Waals surface area contributed by atoms with Crippen LogP contribution in [-0.4, -0.2) is 53.4 Å². The number of hydrogen-bond donors (Lipinski definition) is 2. The van der Waals surface area contributed by atoms with E-state index in [0.717, 1.165) is 51.8 Å². The molecule has 2 aromatic rings. The second-order valence-corrected chi connectivity index (χ2v) is 8.44. The van der Waals surface area contributed by atoms with Crippen LogP contribution < -0.4 is 25.6 Å². The number of aryl methyl sites for hydroxylation is 1. The number of nitrogens with zero attached hydrogens (tertiary/aromatic N) is 3. The lowest BCUT2D eigenvalue weighted by molar-refractivity contribution is -0.118. The number of aliphatic hydroxyl groups excluding tert-OH is 1. The van der Waals surface area contributed by atoms with E-state index in [1.54, 1.807) is 5.06 Å². The molecule has 0 saturated carbocycles. The maximum Gasteiger partial charge on any atom is 0.221 e. The second kappa shape index (κ2) is 10.7. The summed E-state index contributed by atoms with van der Waals surface area (Å²) in [6.45, 7) is 9.60. The zero-order chi connectivity index (χ0) is 24.1. The molecular weight excluding hydrogens is 416 g/mol. The highest BCUT2D eigenvalue weighted by Crippen LogP contribution is 2.31. The zero-order valence-corrected chi connectivity index (χ0v) is 20.6. The van der Waals surface area contributed by atoms with Crippen LogP contribution in [0.15, 0.2) is 36.2 Å². The number of rotatable bonds is 8. The van der Waals surface area contributed by atoms with Crippen molar-refractivity contribution in [3.63, 3.8) is 0 Å². The average Bonchev–Trinajstić information content (AvgIpc) is 3.05. The zero-order valence-electron chi connectivity index (χ0n) is 20.6. The van der Waals surface area contributed by atoms with Gasteiger partial charge in [-0.1, -0.05) is 19.1 Å². The summed E-state index contributed by atoms with van der Waals surface area (Å²) in [6, 6.07) is 6.19. The van der Waals surface area contributed by atoms with E-state index >= 15 is 0 Å². The molecular formula is C26H36N4O3. The SMILES string of the molecule is C\C=c1/c(=C\C(=C\CC)NC(C)=O)c(-c2cc(ON(C)CC)cc(N3CC(O)C3)c2)cn1C. The fraction of sp³-hybridized carbons (Fsp3) is 0.423. The van der Waals surface area contributed by atoms with Gasteiger partial charge in [0.2, 0.25) is 5.91 Å². The molecule has 0 unspecified atom stereocenters. The van der Waals surface area contributed by atoms with Gasteiger partial charge in [0.1, 0.15) is 5.75 Å². The summed E-state index contributed by atoms with van der Waals surface area (Å²) in [5, 5.41) is 16.6. The number of carbonyl (C=O) groups is 1. The van der Waals surface area contributed by atoms with Gasteiger partial charge in [0, 0.05) is 80.4 Å². The van der Waals surface area contributed by atoms with Crippen molar-refractivity contribution in [2.75, 3.05) is 31.6 Å². The minimum atomic E-state index is -0.294. The van der Waals surface area contributed by atoms with Crippen molar-refractivity contribution in [2.24, 2.45) is 7.05 Å². The Kier molecular flexibility index (Phi) is 8.00. The van der Waals surface area contributed by atoms with Gasteiger partial charge >= 0.3 is 0 Å². The number of hydrogen-bond acceptors (Lipinski definition) is 5. The molecule has 1 fully saturated rings. The molecule has 1 aromatic heterocycles. The Hall–Kier alpha value is -3.03. The maximum atomic E-state index is 11.8. The standard InChI is InChI=1S/C26H36N4O3/c1-7-10-20(27-18(4)31)13-24-25(17-28(5)26(24)8-2)19-11-21(30-15-22(32)16-30)14-23(12-19)33-29(6)9-3/h8,10-14,17,22,32H,7,9,15-16H2,1-6H3,(H,27,31)/b20-10-,24-13-,26-8+. The van der Waals surface area contributed by atoms with E-state index in [2.05, 4.69) is 33.1 Å². The summed E-state index contributed by atoms with van der Waals surface area (Å²) >= 11 is 0. The van der Waals surface area contributed by atoms with Crippen LogP contribution in [0.2, 0.25) is 0 Å². The fourth-order valence-corrected chi connectivity index (χ4v) is 4.01. The Labute approximate surface area is 196 Å². The maximum absolute atomic E-state index is 11.8. The number of nitrogens with one attached hydrogen (secondary N) is 1. The van der Waals surface area contributed by atoms with E-state index in [1.807, 2.05) is 59.2 Å². The second-order valence-electron chi connectivity index (χ2n) is 8.44. The van der Waals surface area contributed by atoms with Gasteiger partial charge in [-0.25, -0.2) is 0 Å². The predicted molar refractivity (Wildman–Crippen MR) is 134 cm³/mol. The van der Waals surface area contributed by atoms with Crippen LogP contribution in [0.3, 0.4) is 0 Å². The smallest absolute Gasteiger partial charge is 0.221 e. The fourth-order valence-electron chi connectivity index (χ4n) is 4.01. The Bertz CT molecular complexity index is 1140. The van der Waals surface area contributed by atoms with Crippen LogP contribution in [0.25, 0.3) is 23.3 Å². The molecule has 1 aliphatic rings. The molecule has 0 atom stereocenters. The topological polar surface area (TPSA) is 70.0 Å². The molecule has 1 amide bonds. The number of amides is 1. The molecule has 178 valence electrons. The lowest BCUT2D eigenvalue weighted by Gasteiger charge is -2.38. The third kappa shape index (κ3) is 5.86. The molecule has 33 heavy (non-hydrogen) atoms. The summed E-state index contributed by atoms with van der Waals surface area (Å²) < 4.78 is 2.09. The van der Waals surface area contributed by atoms with Crippen LogP contribution >= 0.6 is 0 Å². The first-order valence-corrected chi connectivity index (χ1v) is 11.5. The first kappa shape index (κ1) is 24.6. The third-order valence-corrected chi connectivity index (χ3v) is 5.72. The van der Waals surface area contributed by atoms with Crippen LogP contribution in [0, 0.1) is 0 Å². The summed E-state index contributed by atoms with van der Waals surface area (Å²) in [6.07, 6.45) is 8.75. The Morgan fingerprint density at radius 1 is 1.30 bits per heavy atom. The van der Waals surface area contributed by atoms with E-state index in [-0.39, 0.29) is 12.0 Å². The molecule has 2 N–H and O–H groups in total. The lowest BCUT2D eigenvalue weighted by atomic mass is 10.0. The lowest BCUT2D eigenvalue weighted by Crippen LogP contribution is -2.50. The predicted octanol–water partition coefficient (Wildman–Crippen LogP) is 2.13. The van der Waals surface area contributed by atoms with Gasteiger partial charge < -0.3 is 24.7 Å². The highest BCUT2D eigenvalue weighted by atomic mass is 16.7. The normalized spacial score (nSPS) is 15.9. The summed E-state index contributed by atoms with van der Waals surface area (Å²) in [4.78, 5) is 19.9. The van der Waals surface area contributed by atoms with Crippen molar-refractivity contribution in [1.82, 2.24) is 14.9 Å². The Balaban J connectivity index is 2.20. The van der Waals surface area contributed by atoms with Gasteiger partial charge in [0.15, 0.2) is 0 Å². The number of carbonyl (C=O) groups excluding carboxylic acids is 1. The molecule has 0 spiro atoms. The number of aliphatic hydroxyl groups is 1. The summed E-state index contributed by atoms with van der Waals surface area (Å²) in [5.41, 5.74) is 3.86. The number of allylic oxidation sites excluding steroid dienone is 2. The van der Waals surface area contributed by atoms with Crippen molar-refractivity contribution >= 4 is 23.7 Å². The number of anilines is 1. The van der Waals surface area contributed by atoms with Crippen molar-refractivity contribution in [3.8, 4) is 16.9 Å². The molecule has 0 bridgehead atoms. The first-order chi connectivity index (χ1) is 15.7. The molecule has 0 aliphatic carbocycles. The van der Waals surface area contributed by atoms with Crippen LogP contribution in [0.1, 0.15) is 34.1 Å². The molecule has 7 nitrogen and oxygen atoms in total. The number of benzene rings is 1. The highest BCUT2D eigenvalue weighted by molar-refractivity contribution is 5.79. The number of hydroxylamine groups is 2. The van der Waals surface area contributed by atoms with Gasteiger partial charge in [-0.3, -0.25) is 4.79 Å². The quantitative estimate of drug-likeness (QED) is 0.601. The first-order valence-electron chi connectivity index (χ1n) is 11.5. The molecule has 0 radical (unpaired) electrons. The van der Waals surface area contributed by atoms with Crippen LogP contribution in [0.5, 0.6) is 5.75 Å². The minimum Gasteiger partial charge on any atom is -0.406 e. The van der Waals surface area contributed by atoms with Crippen molar-refractivity contribution < 1.29 is 14.7 Å². The van der Waals surface area contributed by atoms with E-state index in [1.165, 1.54) is 6.92 Å². The molecule has 1 saturated heterocycles. The Morgan fingerprint density at radius 3 is 2.61 bits per heavy atom. The van der Waals surface area contributed by atoms with Crippen molar-refractivity contribution in [2.45, 2.75) is 40.2 Å². The van der Waals surface area contributed by atoms with E-state index < -0.39 is 0 Å². The van der Waals surface area contributed by atoms with Crippen molar-refractivity contribution in [3.05, 3.63) is 46.7 Å². The molecule has 1 aromatic carbocycles. The molecule has 2 heterocycles. The van der Waals surface area contributed by atoms with Gasteiger partial charge in [-0.15, -0.1) is 5.06 Å². The summed E-state index contributed by atoms with van der Waals surface area (Å²) in [7, 11) is 3.93. The van der Waals surface area contributed by atoms with Crippen LogP contribution in [-0.2, 0) is 11.8 Å². The van der Waals surface area contributed by atoms with Gasteiger partial charge in [-0.2, -0.15) is 0 Å². The van der Waals surface area contributed by atoms with E-state index in [0.29, 0.717) is 13.1 Å². The number of β-amino-alcohol motifs (C(OH)–C–C–N with tert-alkyl or cyclic N) is 1. The van der Waals surface area contributed by atoms with Crippen molar-refractivity contribution in [1.29, 1.82) is 0 Å². The van der Waals surface area contributed by atoms with Gasteiger partial charge in [-0.05, 0) is 44.0 Å². The van der Waals surface area contributed by atoms with Crippen LogP contribution in [0.4, 0.5) is 5.69 Å². The average molecular weight is 453 g/mol. The highest BCUT2D eigenvalue weighted by Gasteiger charge is 2.25. The monoisotopic (exact) mass is 452 g/mol. The third-order valence-electron chi connectivity index (χ3n) is 5.72. The Morgan fingerprint density at radius 2 is 2.03 bits per heavy atom. The molecule has 7 heteroatoms. The van der Waals surface area contributed by atoms with Gasteiger partial charge in [0.05, 0.1) is 6.10 Å².